The first kappa shape index (κ1) is 12.7. The van der Waals surface area contributed by atoms with E-state index in [4.69, 9.17) is 10.5 Å². The van der Waals surface area contributed by atoms with Crippen molar-refractivity contribution >= 4 is 0 Å². The summed E-state index contributed by atoms with van der Waals surface area (Å²) in [5, 5.41) is 0. The van der Waals surface area contributed by atoms with Crippen LogP contribution in [-0.2, 0) is 4.74 Å². The zero-order chi connectivity index (χ0) is 11.3. The van der Waals surface area contributed by atoms with Gasteiger partial charge in [-0.1, -0.05) is 26.0 Å². The molecule has 15 heavy (non-hydrogen) atoms. The number of nitrogens with zero attached hydrogens (tertiary/aromatic N) is 1. The van der Waals surface area contributed by atoms with E-state index < -0.39 is 0 Å². The van der Waals surface area contributed by atoms with Crippen LogP contribution in [0.4, 0.5) is 0 Å². The molecule has 1 aliphatic rings. The Balaban J connectivity index is 2.37. The molecule has 1 rings (SSSR count). The number of morpholine rings is 1. The van der Waals surface area contributed by atoms with Crippen LogP contribution in [0.25, 0.3) is 0 Å². The summed E-state index contributed by atoms with van der Waals surface area (Å²) in [4.78, 5) is 2.39. The molecule has 3 nitrogen and oxygen atoms in total. The predicted octanol–water partition coefficient (Wildman–Crippen LogP) is 1.39. The van der Waals surface area contributed by atoms with Crippen molar-refractivity contribution in [3.8, 4) is 0 Å². The molecule has 0 saturated carbocycles. The van der Waals surface area contributed by atoms with E-state index in [1.807, 2.05) is 0 Å². The minimum absolute atomic E-state index is 0.104. The lowest BCUT2D eigenvalue weighted by atomic mass is 10.0. The van der Waals surface area contributed by atoms with Gasteiger partial charge in [-0.15, -0.1) is 0 Å². The fourth-order valence-electron chi connectivity index (χ4n) is 1.89. The second-order valence-electron chi connectivity index (χ2n) is 4.27. The van der Waals surface area contributed by atoms with E-state index in [-0.39, 0.29) is 12.1 Å². The highest BCUT2D eigenvalue weighted by Gasteiger charge is 2.24. The van der Waals surface area contributed by atoms with Gasteiger partial charge in [0, 0.05) is 19.1 Å². The molecule has 0 aromatic heterocycles. The third-order valence-corrected chi connectivity index (χ3v) is 3.13. The number of nitrogens with two attached hydrogens (primary N) is 1. The molecule has 2 unspecified atom stereocenters. The van der Waals surface area contributed by atoms with Crippen LogP contribution < -0.4 is 5.73 Å². The SMILES string of the molecule is C=C(CC)CC(N)C1CN(CC)CCO1. The van der Waals surface area contributed by atoms with Crippen molar-refractivity contribution in [2.45, 2.75) is 38.8 Å². The number of hydrogen-bond donors (Lipinski definition) is 1. The highest BCUT2D eigenvalue weighted by molar-refractivity contribution is 4.98. The maximum atomic E-state index is 6.13. The van der Waals surface area contributed by atoms with Gasteiger partial charge in [0.15, 0.2) is 0 Å². The van der Waals surface area contributed by atoms with Gasteiger partial charge in [0.2, 0.25) is 0 Å². The Labute approximate surface area is 93.3 Å². The molecule has 0 aromatic rings. The summed E-state index contributed by atoms with van der Waals surface area (Å²) in [6.07, 6.45) is 2.08. The topological polar surface area (TPSA) is 38.5 Å². The molecular formula is C12H24N2O. The quantitative estimate of drug-likeness (QED) is 0.700. The Morgan fingerprint density at radius 1 is 1.60 bits per heavy atom. The summed E-state index contributed by atoms with van der Waals surface area (Å²) in [5.41, 5.74) is 7.35. The van der Waals surface area contributed by atoms with Gasteiger partial charge in [-0.3, -0.25) is 4.90 Å². The van der Waals surface area contributed by atoms with Gasteiger partial charge >= 0.3 is 0 Å². The summed E-state index contributed by atoms with van der Waals surface area (Å²) >= 11 is 0. The molecule has 2 N–H and O–H groups in total. The second-order valence-corrected chi connectivity index (χ2v) is 4.27. The van der Waals surface area contributed by atoms with Crippen molar-refractivity contribution in [1.82, 2.24) is 4.90 Å². The highest BCUT2D eigenvalue weighted by atomic mass is 16.5. The summed E-state index contributed by atoms with van der Waals surface area (Å²) in [5.74, 6) is 0. The first-order chi connectivity index (χ1) is 7.17. The van der Waals surface area contributed by atoms with Gasteiger partial charge in [-0.2, -0.15) is 0 Å². The summed E-state index contributed by atoms with van der Waals surface area (Å²) < 4.78 is 5.71. The third kappa shape index (κ3) is 3.93. The average Bonchev–Trinajstić information content (AvgIpc) is 2.28. The van der Waals surface area contributed by atoms with Crippen molar-refractivity contribution in [3.05, 3.63) is 12.2 Å². The van der Waals surface area contributed by atoms with Crippen LogP contribution in [0, 0.1) is 0 Å². The highest BCUT2D eigenvalue weighted by Crippen LogP contribution is 2.14. The van der Waals surface area contributed by atoms with Gasteiger partial charge in [0.1, 0.15) is 0 Å². The molecular weight excluding hydrogens is 188 g/mol. The summed E-state index contributed by atoms with van der Waals surface area (Å²) in [6, 6.07) is 0.104. The smallest absolute Gasteiger partial charge is 0.0856 e. The van der Waals surface area contributed by atoms with Crippen LogP contribution in [0.2, 0.25) is 0 Å². The van der Waals surface area contributed by atoms with Gasteiger partial charge in [0.25, 0.3) is 0 Å². The first-order valence-electron chi connectivity index (χ1n) is 5.93. The minimum Gasteiger partial charge on any atom is -0.374 e. The van der Waals surface area contributed by atoms with Crippen molar-refractivity contribution < 1.29 is 4.74 Å². The molecule has 2 atom stereocenters. The first-order valence-corrected chi connectivity index (χ1v) is 5.93. The molecule has 1 aliphatic heterocycles. The summed E-state index contributed by atoms with van der Waals surface area (Å²) in [6.45, 7) is 12.2. The normalized spacial score (nSPS) is 25.1. The Morgan fingerprint density at radius 2 is 2.33 bits per heavy atom. The van der Waals surface area contributed by atoms with E-state index in [1.54, 1.807) is 0 Å². The lowest BCUT2D eigenvalue weighted by molar-refractivity contribution is -0.0385. The third-order valence-electron chi connectivity index (χ3n) is 3.13. The average molecular weight is 212 g/mol. The van der Waals surface area contributed by atoms with Crippen molar-refractivity contribution in [2.24, 2.45) is 5.73 Å². The zero-order valence-corrected chi connectivity index (χ0v) is 10.0. The maximum absolute atomic E-state index is 6.13. The van der Waals surface area contributed by atoms with E-state index in [0.717, 1.165) is 39.1 Å². The lowest BCUT2D eigenvalue weighted by Gasteiger charge is -2.35. The second kappa shape index (κ2) is 6.26. The molecule has 0 bridgehead atoms. The van der Waals surface area contributed by atoms with Crippen molar-refractivity contribution in [3.63, 3.8) is 0 Å². The number of ether oxygens (including phenoxy) is 1. The predicted molar refractivity (Wildman–Crippen MR) is 63.9 cm³/mol. The zero-order valence-electron chi connectivity index (χ0n) is 10.0. The monoisotopic (exact) mass is 212 g/mol. The van der Waals surface area contributed by atoms with Crippen LogP contribution in [0.1, 0.15) is 26.7 Å². The number of hydrogen-bond acceptors (Lipinski definition) is 3. The van der Waals surface area contributed by atoms with Gasteiger partial charge in [0.05, 0.1) is 12.7 Å². The van der Waals surface area contributed by atoms with Gasteiger partial charge in [-0.25, -0.2) is 0 Å². The molecule has 0 radical (unpaired) electrons. The molecule has 0 aliphatic carbocycles. The fourth-order valence-corrected chi connectivity index (χ4v) is 1.89. The molecule has 0 amide bonds. The van der Waals surface area contributed by atoms with Crippen LogP contribution in [0.15, 0.2) is 12.2 Å². The Bertz CT molecular complexity index is 206. The Kier molecular flexibility index (Phi) is 5.29. The fraction of sp³-hybridized carbons (Fsp3) is 0.833. The van der Waals surface area contributed by atoms with Gasteiger partial charge in [-0.05, 0) is 19.4 Å². The lowest BCUT2D eigenvalue weighted by Crippen LogP contribution is -2.50. The van der Waals surface area contributed by atoms with E-state index >= 15 is 0 Å². The van der Waals surface area contributed by atoms with Crippen molar-refractivity contribution in [1.29, 1.82) is 0 Å². The Morgan fingerprint density at radius 3 is 2.93 bits per heavy atom. The minimum atomic E-state index is 0.104. The Hall–Kier alpha value is -0.380. The van der Waals surface area contributed by atoms with Crippen LogP contribution >= 0.6 is 0 Å². The van der Waals surface area contributed by atoms with E-state index in [2.05, 4.69) is 25.3 Å². The van der Waals surface area contributed by atoms with E-state index in [0.29, 0.717) is 0 Å². The van der Waals surface area contributed by atoms with E-state index in [9.17, 15) is 0 Å². The van der Waals surface area contributed by atoms with E-state index in [1.165, 1.54) is 5.57 Å². The number of rotatable bonds is 5. The molecule has 1 saturated heterocycles. The van der Waals surface area contributed by atoms with Crippen LogP contribution in [-0.4, -0.2) is 43.3 Å². The molecule has 1 fully saturated rings. The molecule has 3 heteroatoms. The summed E-state index contributed by atoms with van der Waals surface area (Å²) in [7, 11) is 0. The maximum Gasteiger partial charge on any atom is 0.0856 e. The molecule has 1 heterocycles. The molecule has 0 spiro atoms. The molecule has 0 aromatic carbocycles. The van der Waals surface area contributed by atoms with Gasteiger partial charge < -0.3 is 10.5 Å². The standard InChI is InChI=1S/C12H24N2O/c1-4-10(3)8-11(13)12-9-14(5-2)6-7-15-12/h11-12H,3-9,13H2,1-2H3. The van der Waals surface area contributed by atoms with Crippen LogP contribution in [0.3, 0.4) is 0 Å². The molecule has 88 valence electrons. The largest absolute Gasteiger partial charge is 0.374 e. The van der Waals surface area contributed by atoms with Crippen molar-refractivity contribution in [2.75, 3.05) is 26.2 Å². The number of likely N-dealkylation sites (N-methyl/N-ethyl adjacent to an activating group) is 1. The van der Waals surface area contributed by atoms with Crippen LogP contribution in [0.5, 0.6) is 0 Å².